The second-order valence-corrected chi connectivity index (χ2v) is 6.32. The lowest BCUT2D eigenvalue weighted by Crippen LogP contribution is -2.39. The fraction of sp³-hybridized carbons (Fsp3) is 0.650. The van der Waals surface area contributed by atoms with Crippen molar-refractivity contribution >= 4 is 29.9 Å². The molecular formula is C20H36IN3O2. The topological polar surface area (TPSA) is 54.9 Å². The van der Waals surface area contributed by atoms with Crippen molar-refractivity contribution in [3.05, 3.63) is 35.4 Å². The quantitative estimate of drug-likeness (QED) is 0.207. The van der Waals surface area contributed by atoms with Gasteiger partial charge in [-0.1, -0.05) is 38.1 Å². The predicted molar refractivity (Wildman–Crippen MR) is 120 cm³/mol. The van der Waals surface area contributed by atoms with Crippen LogP contribution in [0.15, 0.2) is 29.3 Å². The summed E-state index contributed by atoms with van der Waals surface area (Å²) in [6.45, 7) is 13.6. The van der Waals surface area contributed by atoms with Crippen LogP contribution in [-0.2, 0) is 22.6 Å². The number of aliphatic imine (C=N–C) groups is 1. The molecule has 1 rings (SSSR count). The van der Waals surface area contributed by atoms with E-state index in [1.165, 1.54) is 11.1 Å². The van der Waals surface area contributed by atoms with E-state index in [1.54, 1.807) is 0 Å². The zero-order valence-electron chi connectivity index (χ0n) is 16.7. The average molecular weight is 477 g/mol. The van der Waals surface area contributed by atoms with E-state index in [2.05, 4.69) is 48.5 Å². The summed E-state index contributed by atoms with van der Waals surface area (Å²) in [5.74, 6) is 1.50. The maximum atomic E-state index is 5.64. The fourth-order valence-corrected chi connectivity index (χ4v) is 2.23. The Morgan fingerprint density at radius 3 is 2.42 bits per heavy atom. The van der Waals surface area contributed by atoms with Crippen LogP contribution in [0.5, 0.6) is 0 Å². The van der Waals surface area contributed by atoms with Crippen LogP contribution < -0.4 is 10.6 Å². The number of halogens is 1. The van der Waals surface area contributed by atoms with Crippen molar-refractivity contribution in [1.29, 1.82) is 0 Å². The predicted octanol–water partition coefficient (Wildman–Crippen LogP) is 3.96. The Hall–Kier alpha value is -0.860. The molecule has 0 spiro atoms. The van der Waals surface area contributed by atoms with E-state index >= 15 is 0 Å². The molecule has 0 aliphatic carbocycles. The molecule has 0 amide bonds. The molecule has 0 atom stereocenters. The standard InChI is InChI=1S/C20H35N3O2.HI/c1-5-21-20(22-12-14-25-13-11-17(3)4)23-15-18-9-7-8-10-19(18)16-24-6-2;/h7-10,17H,5-6,11-16H2,1-4H3,(H2,21,22,23);1H. The molecule has 0 aromatic heterocycles. The Balaban J connectivity index is 0.00000625. The molecule has 0 radical (unpaired) electrons. The highest BCUT2D eigenvalue weighted by molar-refractivity contribution is 14.0. The first kappa shape index (κ1) is 25.1. The number of rotatable bonds is 12. The van der Waals surface area contributed by atoms with E-state index in [0.29, 0.717) is 25.7 Å². The van der Waals surface area contributed by atoms with Gasteiger partial charge in [-0.25, -0.2) is 4.99 Å². The van der Waals surface area contributed by atoms with Gasteiger partial charge in [0.25, 0.3) is 0 Å². The van der Waals surface area contributed by atoms with Gasteiger partial charge in [-0.05, 0) is 37.3 Å². The minimum atomic E-state index is 0. The third kappa shape index (κ3) is 11.7. The van der Waals surface area contributed by atoms with Crippen LogP contribution in [0, 0.1) is 5.92 Å². The first-order chi connectivity index (χ1) is 12.2. The number of benzene rings is 1. The molecular weight excluding hydrogens is 441 g/mol. The highest BCUT2D eigenvalue weighted by Crippen LogP contribution is 2.11. The Bertz CT molecular complexity index is 496. The highest BCUT2D eigenvalue weighted by atomic mass is 127. The van der Waals surface area contributed by atoms with Crippen molar-refractivity contribution in [3.63, 3.8) is 0 Å². The van der Waals surface area contributed by atoms with Gasteiger partial charge >= 0.3 is 0 Å². The molecule has 0 unspecified atom stereocenters. The molecule has 26 heavy (non-hydrogen) atoms. The van der Waals surface area contributed by atoms with Gasteiger partial charge in [-0.2, -0.15) is 0 Å². The van der Waals surface area contributed by atoms with Gasteiger partial charge < -0.3 is 20.1 Å². The summed E-state index contributed by atoms with van der Waals surface area (Å²) in [5, 5.41) is 6.60. The number of nitrogens with zero attached hydrogens (tertiary/aromatic N) is 1. The lowest BCUT2D eigenvalue weighted by atomic mass is 10.1. The van der Waals surface area contributed by atoms with Crippen LogP contribution in [0.2, 0.25) is 0 Å². The molecule has 0 aliphatic rings. The number of hydrogen-bond donors (Lipinski definition) is 2. The second kappa shape index (κ2) is 16.3. The normalized spacial score (nSPS) is 11.3. The lowest BCUT2D eigenvalue weighted by molar-refractivity contribution is 0.128. The summed E-state index contributed by atoms with van der Waals surface area (Å²) in [4.78, 5) is 4.68. The highest BCUT2D eigenvalue weighted by Gasteiger charge is 2.03. The number of ether oxygens (including phenoxy) is 2. The van der Waals surface area contributed by atoms with Gasteiger partial charge in [0.05, 0.1) is 19.8 Å². The minimum absolute atomic E-state index is 0. The summed E-state index contributed by atoms with van der Waals surface area (Å²) in [6, 6.07) is 8.29. The molecule has 0 bridgehead atoms. The summed E-state index contributed by atoms with van der Waals surface area (Å²) in [6.07, 6.45) is 1.10. The molecule has 0 saturated carbocycles. The maximum absolute atomic E-state index is 5.64. The average Bonchev–Trinajstić information content (AvgIpc) is 2.61. The monoisotopic (exact) mass is 477 g/mol. The number of hydrogen-bond acceptors (Lipinski definition) is 3. The second-order valence-electron chi connectivity index (χ2n) is 6.32. The third-order valence-electron chi connectivity index (χ3n) is 3.71. The first-order valence-electron chi connectivity index (χ1n) is 9.41. The largest absolute Gasteiger partial charge is 0.380 e. The third-order valence-corrected chi connectivity index (χ3v) is 3.71. The first-order valence-corrected chi connectivity index (χ1v) is 9.41. The van der Waals surface area contributed by atoms with Gasteiger partial charge in [-0.3, -0.25) is 0 Å². The molecule has 0 fully saturated rings. The van der Waals surface area contributed by atoms with Crippen molar-refractivity contribution in [3.8, 4) is 0 Å². The Morgan fingerprint density at radius 2 is 1.77 bits per heavy atom. The van der Waals surface area contributed by atoms with Crippen LogP contribution in [-0.4, -0.2) is 38.9 Å². The molecule has 0 aliphatic heterocycles. The molecule has 2 N–H and O–H groups in total. The van der Waals surface area contributed by atoms with Gasteiger partial charge in [0.15, 0.2) is 5.96 Å². The summed E-state index contributed by atoms with van der Waals surface area (Å²) in [7, 11) is 0. The zero-order valence-corrected chi connectivity index (χ0v) is 19.0. The van der Waals surface area contributed by atoms with Crippen molar-refractivity contribution in [2.24, 2.45) is 10.9 Å². The van der Waals surface area contributed by atoms with E-state index in [1.807, 2.05) is 19.1 Å². The number of guanidine groups is 1. The molecule has 5 nitrogen and oxygen atoms in total. The van der Waals surface area contributed by atoms with E-state index in [-0.39, 0.29) is 24.0 Å². The van der Waals surface area contributed by atoms with Gasteiger partial charge in [0.1, 0.15) is 0 Å². The molecule has 0 heterocycles. The van der Waals surface area contributed by atoms with Gasteiger partial charge in [0, 0.05) is 26.3 Å². The van der Waals surface area contributed by atoms with E-state index in [0.717, 1.165) is 38.7 Å². The molecule has 150 valence electrons. The molecule has 6 heteroatoms. The number of nitrogens with one attached hydrogen (secondary N) is 2. The SMILES string of the molecule is CCNC(=NCc1ccccc1COCC)NCCOCCC(C)C.I. The molecule has 1 aromatic rings. The zero-order chi connectivity index (χ0) is 18.3. The van der Waals surface area contributed by atoms with E-state index in [4.69, 9.17) is 9.47 Å². The van der Waals surface area contributed by atoms with Crippen LogP contribution in [0.25, 0.3) is 0 Å². The fourth-order valence-electron chi connectivity index (χ4n) is 2.23. The Labute approximate surface area is 176 Å². The smallest absolute Gasteiger partial charge is 0.191 e. The Kier molecular flexibility index (Phi) is 15.8. The summed E-state index contributed by atoms with van der Waals surface area (Å²) >= 11 is 0. The van der Waals surface area contributed by atoms with E-state index < -0.39 is 0 Å². The maximum Gasteiger partial charge on any atom is 0.191 e. The van der Waals surface area contributed by atoms with Crippen LogP contribution in [0.3, 0.4) is 0 Å². The summed E-state index contributed by atoms with van der Waals surface area (Å²) < 4.78 is 11.2. The lowest BCUT2D eigenvalue weighted by Gasteiger charge is -2.13. The van der Waals surface area contributed by atoms with Crippen LogP contribution >= 0.6 is 24.0 Å². The summed E-state index contributed by atoms with van der Waals surface area (Å²) in [5.41, 5.74) is 2.39. The molecule has 0 saturated heterocycles. The van der Waals surface area contributed by atoms with E-state index in [9.17, 15) is 0 Å². The van der Waals surface area contributed by atoms with Gasteiger partial charge in [0.2, 0.25) is 0 Å². The van der Waals surface area contributed by atoms with Crippen molar-refractivity contribution in [2.75, 3.05) is 32.9 Å². The Morgan fingerprint density at radius 1 is 1.04 bits per heavy atom. The van der Waals surface area contributed by atoms with Gasteiger partial charge in [-0.15, -0.1) is 24.0 Å². The van der Waals surface area contributed by atoms with Crippen LogP contribution in [0.4, 0.5) is 0 Å². The van der Waals surface area contributed by atoms with Crippen molar-refractivity contribution < 1.29 is 9.47 Å². The van der Waals surface area contributed by atoms with Crippen molar-refractivity contribution in [1.82, 2.24) is 10.6 Å². The van der Waals surface area contributed by atoms with Crippen LogP contribution in [0.1, 0.15) is 45.2 Å². The minimum Gasteiger partial charge on any atom is -0.380 e. The molecule has 1 aromatic carbocycles. The van der Waals surface area contributed by atoms with Crippen molar-refractivity contribution in [2.45, 2.75) is 47.3 Å².